The number of hydrogen-bond acceptors (Lipinski definition) is 5. The van der Waals surface area contributed by atoms with E-state index in [4.69, 9.17) is 0 Å². The van der Waals surface area contributed by atoms with Crippen LogP contribution in [0.25, 0.3) is 0 Å². The lowest BCUT2D eigenvalue weighted by Gasteiger charge is -2.33. The molecule has 3 rings (SSSR count). The van der Waals surface area contributed by atoms with Gasteiger partial charge in [0.1, 0.15) is 0 Å². The first-order valence-corrected chi connectivity index (χ1v) is 9.30. The Balaban J connectivity index is 1.53. The number of benzene rings is 1. The van der Waals surface area contributed by atoms with E-state index in [2.05, 4.69) is 5.32 Å². The highest BCUT2D eigenvalue weighted by molar-refractivity contribution is 5.95. The van der Waals surface area contributed by atoms with E-state index in [0.717, 1.165) is 37.8 Å². The second-order valence-electron chi connectivity index (χ2n) is 7.27. The molecule has 1 aromatic rings. The van der Waals surface area contributed by atoms with Crippen LogP contribution < -0.4 is 5.32 Å². The third-order valence-corrected chi connectivity index (χ3v) is 5.42. The van der Waals surface area contributed by atoms with E-state index >= 15 is 0 Å². The van der Waals surface area contributed by atoms with Crippen molar-refractivity contribution in [3.63, 3.8) is 0 Å². The van der Waals surface area contributed by atoms with Gasteiger partial charge in [0, 0.05) is 30.6 Å². The highest BCUT2D eigenvalue weighted by Gasteiger charge is 2.28. The monoisotopic (exact) mass is 362 g/mol. The quantitative estimate of drug-likeness (QED) is 0.616. The number of nitrogens with zero attached hydrogens (tertiary/aromatic N) is 1. The first kappa shape index (κ1) is 18.4. The maximum Gasteiger partial charge on any atom is 0.254 e. The van der Waals surface area contributed by atoms with Gasteiger partial charge in [-0.25, -0.2) is 0 Å². The van der Waals surface area contributed by atoms with Crippen molar-refractivity contribution in [3.8, 4) is 17.2 Å². The van der Waals surface area contributed by atoms with Crippen LogP contribution in [0.2, 0.25) is 0 Å². The molecule has 0 radical (unpaired) electrons. The van der Waals surface area contributed by atoms with Gasteiger partial charge in [-0.3, -0.25) is 9.59 Å². The van der Waals surface area contributed by atoms with Crippen LogP contribution in [0.1, 0.15) is 55.3 Å². The molecule has 0 bridgehead atoms. The fourth-order valence-corrected chi connectivity index (χ4v) is 3.82. The van der Waals surface area contributed by atoms with E-state index in [9.17, 15) is 24.9 Å². The number of carbonyl (C=O) groups is 2. The Morgan fingerprint density at radius 2 is 1.50 bits per heavy atom. The molecule has 0 atom stereocenters. The molecule has 2 fully saturated rings. The number of nitrogens with one attached hydrogen (secondary N) is 1. The van der Waals surface area contributed by atoms with E-state index in [1.807, 2.05) is 0 Å². The number of phenols is 3. The van der Waals surface area contributed by atoms with Crippen LogP contribution in [0, 0.1) is 5.92 Å². The summed E-state index contributed by atoms with van der Waals surface area (Å²) in [5.74, 6) is -1.72. The second kappa shape index (κ2) is 7.85. The van der Waals surface area contributed by atoms with Crippen molar-refractivity contribution >= 4 is 11.8 Å². The van der Waals surface area contributed by atoms with Crippen LogP contribution in [0.4, 0.5) is 0 Å². The lowest BCUT2D eigenvalue weighted by molar-refractivity contribution is -0.126. The Morgan fingerprint density at radius 3 is 2.08 bits per heavy atom. The Morgan fingerprint density at radius 1 is 0.923 bits per heavy atom. The third-order valence-electron chi connectivity index (χ3n) is 5.42. The Kier molecular flexibility index (Phi) is 5.54. The Bertz CT molecular complexity index is 654. The van der Waals surface area contributed by atoms with Gasteiger partial charge in [-0.05, 0) is 37.8 Å². The summed E-state index contributed by atoms with van der Waals surface area (Å²) >= 11 is 0. The molecule has 2 amide bonds. The summed E-state index contributed by atoms with van der Waals surface area (Å²) in [7, 11) is 0. The normalized spacial score (nSPS) is 19.3. The first-order chi connectivity index (χ1) is 12.5. The van der Waals surface area contributed by atoms with Crippen LogP contribution in [-0.4, -0.2) is 51.2 Å². The van der Waals surface area contributed by atoms with Crippen LogP contribution in [0.3, 0.4) is 0 Å². The fraction of sp³-hybridized carbons (Fsp3) is 0.579. The van der Waals surface area contributed by atoms with Crippen molar-refractivity contribution in [2.75, 3.05) is 13.1 Å². The van der Waals surface area contributed by atoms with Gasteiger partial charge in [0.15, 0.2) is 17.2 Å². The van der Waals surface area contributed by atoms with Gasteiger partial charge in [-0.1, -0.05) is 19.3 Å². The van der Waals surface area contributed by atoms with E-state index in [0.29, 0.717) is 25.9 Å². The van der Waals surface area contributed by atoms with Gasteiger partial charge >= 0.3 is 0 Å². The molecule has 1 aliphatic heterocycles. The average Bonchev–Trinajstić information content (AvgIpc) is 2.66. The number of hydrogen-bond donors (Lipinski definition) is 4. The zero-order valence-corrected chi connectivity index (χ0v) is 14.8. The maximum absolute atomic E-state index is 12.5. The minimum atomic E-state index is -0.634. The van der Waals surface area contributed by atoms with E-state index in [1.165, 1.54) is 6.42 Å². The summed E-state index contributed by atoms with van der Waals surface area (Å²) in [4.78, 5) is 26.5. The predicted octanol–water partition coefficient (Wildman–Crippen LogP) is 2.10. The first-order valence-electron chi connectivity index (χ1n) is 9.30. The summed E-state index contributed by atoms with van der Waals surface area (Å²) < 4.78 is 0. The average molecular weight is 362 g/mol. The van der Waals surface area contributed by atoms with E-state index in [1.54, 1.807) is 4.90 Å². The highest BCUT2D eigenvalue weighted by atomic mass is 16.3. The molecule has 4 N–H and O–H groups in total. The zero-order chi connectivity index (χ0) is 18.7. The molecular weight excluding hydrogens is 336 g/mol. The van der Waals surface area contributed by atoms with Gasteiger partial charge in [-0.2, -0.15) is 0 Å². The van der Waals surface area contributed by atoms with Crippen LogP contribution in [0.15, 0.2) is 12.1 Å². The molecule has 142 valence electrons. The van der Waals surface area contributed by atoms with E-state index < -0.39 is 17.2 Å². The number of aromatic hydroxyl groups is 3. The number of piperidine rings is 1. The third kappa shape index (κ3) is 4.03. The molecule has 0 unspecified atom stereocenters. The number of phenolic OH excluding ortho intramolecular Hbond substituents is 3. The summed E-state index contributed by atoms with van der Waals surface area (Å²) in [6.07, 6.45) is 6.76. The topological polar surface area (TPSA) is 110 Å². The molecule has 1 aromatic carbocycles. The maximum atomic E-state index is 12.5. The lowest BCUT2D eigenvalue weighted by atomic mass is 9.88. The van der Waals surface area contributed by atoms with Crippen LogP contribution in [0.5, 0.6) is 17.2 Å². The van der Waals surface area contributed by atoms with Gasteiger partial charge in [0.05, 0.1) is 0 Å². The van der Waals surface area contributed by atoms with Crippen molar-refractivity contribution in [2.24, 2.45) is 5.92 Å². The molecule has 26 heavy (non-hydrogen) atoms. The summed E-state index contributed by atoms with van der Waals surface area (Å²) in [5, 5.41) is 31.6. The van der Waals surface area contributed by atoms with Gasteiger partial charge in [0.2, 0.25) is 5.91 Å². The molecule has 7 heteroatoms. The molecule has 1 aliphatic carbocycles. The molecule has 0 aromatic heterocycles. The SMILES string of the molecule is O=C(NC1CCN(C(=O)c2cc(O)c(O)c(O)c2)CC1)C1CCCCC1. The number of rotatable bonds is 3. The van der Waals surface area contributed by atoms with Crippen LogP contribution >= 0.6 is 0 Å². The largest absolute Gasteiger partial charge is 0.504 e. The molecule has 1 saturated heterocycles. The van der Waals surface area contributed by atoms with Crippen molar-refractivity contribution in [1.82, 2.24) is 10.2 Å². The number of carbonyl (C=O) groups excluding carboxylic acids is 2. The highest BCUT2D eigenvalue weighted by Crippen LogP contribution is 2.35. The standard InChI is InChI=1S/C19H26N2O5/c22-15-10-13(11-16(23)17(15)24)19(26)21-8-6-14(7-9-21)20-18(25)12-4-2-1-3-5-12/h10-12,14,22-24H,1-9H2,(H,20,25). The van der Waals surface area contributed by atoms with Gasteiger partial charge < -0.3 is 25.5 Å². The second-order valence-corrected chi connectivity index (χ2v) is 7.27. The molecule has 2 aliphatic rings. The van der Waals surface area contributed by atoms with Gasteiger partial charge in [-0.15, -0.1) is 0 Å². The summed E-state index contributed by atoms with van der Waals surface area (Å²) in [6.45, 7) is 0.994. The minimum Gasteiger partial charge on any atom is -0.504 e. The molecule has 7 nitrogen and oxygen atoms in total. The molecule has 1 saturated carbocycles. The number of likely N-dealkylation sites (tertiary alicyclic amines) is 1. The van der Waals surface area contributed by atoms with Crippen LogP contribution in [-0.2, 0) is 4.79 Å². The van der Waals surface area contributed by atoms with Gasteiger partial charge in [0.25, 0.3) is 5.91 Å². The minimum absolute atomic E-state index is 0.0788. The van der Waals surface area contributed by atoms with Crippen molar-refractivity contribution in [3.05, 3.63) is 17.7 Å². The summed E-state index contributed by atoms with van der Waals surface area (Å²) in [5.41, 5.74) is 0.127. The zero-order valence-electron chi connectivity index (χ0n) is 14.8. The van der Waals surface area contributed by atoms with Crippen molar-refractivity contribution in [1.29, 1.82) is 0 Å². The van der Waals surface area contributed by atoms with Crippen molar-refractivity contribution in [2.45, 2.75) is 51.0 Å². The fourth-order valence-electron chi connectivity index (χ4n) is 3.82. The smallest absolute Gasteiger partial charge is 0.254 e. The lowest BCUT2D eigenvalue weighted by Crippen LogP contribution is -2.48. The molecule has 1 heterocycles. The molecular formula is C19H26N2O5. The Labute approximate surface area is 152 Å². The van der Waals surface area contributed by atoms with E-state index in [-0.39, 0.29) is 29.3 Å². The predicted molar refractivity (Wildman–Crippen MR) is 95.1 cm³/mol. The Hall–Kier alpha value is -2.44. The number of amides is 2. The summed E-state index contributed by atoms with van der Waals surface area (Å²) in [6, 6.07) is 2.37. The van der Waals surface area contributed by atoms with Crippen molar-refractivity contribution < 1.29 is 24.9 Å². The molecule has 0 spiro atoms.